The molecule has 32 heavy (non-hydrogen) atoms. The summed E-state index contributed by atoms with van der Waals surface area (Å²) in [6.45, 7) is 1.83. The Bertz CT molecular complexity index is 1240. The van der Waals surface area contributed by atoms with Crippen molar-refractivity contribution in [1.82, 2.24) is 15.3 Å². The van der Waals surface area contributed by atoms with E-state index in [0.29, 0.717) is 18.0 Å². The van der Waals surface area contributed by atoms with Gasteiger partial charge in [0.05, 0.1) is 22.4 Å². The van der Waals surface area contributed by atoms with Crippen molar-refractivity contribution in [2.45, 2.75) is 13.1 Å². The highest BCUT2D eigenvalue weighted by Gasteiger charge is 2.36. The molecule has 3 aromatic rings. The van der Waals surface area contributed by atoms with Crippen LogP contribution >= 0.6 is 0 Å². The summed E-state index contributed by atoms with van der Waals surface area (Å²) >= 11 is 0. The minimum absolute atomic E-state index is 0.0290. The highest BCUT2D eigenvalue weighted by molar-refractivity contribution is 6.07. The molecule has 0 saturated carbocycles. The van der Waals surface area contributed by atoms with Crippen LogP contribution in [0.1, 0.15) is 31.8 Å². The van der Waals surface area contributed by atoms with Gasteiger partial charge in [0, 0.05) is 31.2 Å². The maximum absolute atomic E-state index is 13.3. The van der Waals surface area contributed by atoms with E-state index in [4.69, 9.17) is 0 Å². The summed E-state index contributed by atoms with van der Waals surface area (Å²) in [7, 11) is 1.40. The molecule has 0 spiro atoms. The Kier molecular flexibility index (Phi) is 6.28. The number of carbonyl (C=O) groups excluding carboxylic acids is 2. The number of pyridine rings is 2. The van der Waals surface area contributed by atoms with Gasteiger partial charge in [0.25, 0.3) is 11.8 Å². The van der Waals surface area contributed by atoms with Crippen LogP contribution in [0.2, 0.25) is 0 Å². The average molecular weight is 445 g/mol. The predicted molar refractivity (Wildman–Crippen MR) is 112 cm³/mol. The second-order valence-electron chi connectivity index (χ2n) is 6.72. The van der Waals surface area contributed by atoms with Crippen LogP contribution in [0.15, 0.2) is 53.6 Å². The Morgan fingerprint density at radius 2 is 1.78 bits per heavy atom. The van der Waals surface area contributed by atoms with Crippen molar-refractivity contribution in [1.29, 1.82) is 0 Å². The lowest BCUT2D eigenvalue weighted by Gasteiger charge is -2.16. The third-order valence-corrected chi connectivity index (χ3v) is 4.50. The first-order valence-electron chi connectivity index (χ1n) is 9.26. The maximum Gasteiger partial charge on any atom is 0.417 e. The van der Waals surface area contributed by atoms with E-state index >= 15 is 0 Å². The van der Waals surface area contributed by atoms with Gasteiger partial charge in [0.1, 0.15) is 0 Å². The zero-order valence-corrected chi connectivity index (χ0v) is 16.9. The summed E-state index contributed by atoms with van der Waals surface area (Å²) in [6, 6.07) is 8.75. The first kappa shape index (κ1) is 22.5. The standard InChI is InChI=1S/C21H18F3N5O3/c1-11-5-3-4-6-15(11)28-18-16(7-12(9-27-18)19(31)25-2)29-20(32)13-10-26-17(30)8-14(13)21(22,23)24/h3-10H,1-2H3,(H,25,31)(H,26,30)(H,27,28)(H,29,32). The van der Waals surface area contributed by atoms with E-state index in [1.165, 1.54) is 19.3 Å². The molecule has 0 unspecified atom stereocenters. The van der Waals surface area contributed by atoms with Crippen molar-refractivity contribution in [3.63, 3.8) is 0 Å². The largest absolute Gasteiger partial charge is 0.417 e. The molecule has 166 valence electrons. The number of halogens is 3. The molecule has 1 aromatic carbocycles. The van der Waals surface area contributed by atoms with Gasteiger partial charge in [-0.2, -0.15) is 13.2 Å². The first-order valence-corrected chi connectivity index (χ1v) is 9.26. The number of amides is 2. The number of rotatable bonds is 5. The van der Waals surface area contributed by atoms with Crippen LogP contribution in [-0.4, -0.2) is 28.8 Å². The lowest BCUT2D eigenvalue weighted by molar-refractivity contribution is -0.138. The Labute approximate surface area is 179 Å². The number of aryl methyl sites for hydroxylation is 1. The number of hydrogen-bond acceptors (Lipinski definition) is 5. The Hall–Kier alpha value is -4.15. The molecule has 0 aliphatic heterocycles. The Morgan fingerprint density at radius 3 is 2.44 bits per heavy atom. The molecule has 0 atom stereocenters. The molecule has 2 aromatic heterocycles. The average Bonchev–Trinajstić information content (AvgIpc) is 2.75. The summed E-state index contributed by atoms with van der Waals surface area (Å²) in [6.07, 6.45) is -2.98. The fraction of sp³-hybridized carbons (Fsp3) is 0.143. The number of para-hydroxylation sites is 1. The molecule has 3 rings (SSSR count). The molecule has 11 heteroatoms. The number of nitrogens with zero attached hydrogens (tertiary/aromatic N) is 1. The van der Waals surface area contributed by atoms with Gasteiger partial charge in [-0.1, -0.05) is 18.2 Å². The van der Waals surface area contributed by atoms with Crippen LogP contribution < -0.4 is 21.5 Å². The van der Waals surface area contributed by atoms with E-state index in [1.54, 1.807) is 12.1 Å². The Balaban J connectivity index is 2.04. The van der Waals surface area contributed by atoms with E-state index < -0.39 is 34.7 Å². The smallest absolute Gasteiger partial charge is 0.355 e. The summed E-state index contributed by atoms with van der Waals surface area (Å²) in [5.41, 5.74) is -1.63. The van der Waals surface area contributed by atoms with Crippen molar-refractivity contribution in [2.24, 2.45) is 0 Å². The minimum atomic E-state index is -4.93. The number of carbonyl (C=O) groups is 2. The van der Waals surface area contributed by atoms with E-state index in [1.807, 2.05) is 19.1 Å². The fourth-order valence-electron chi connectivity index (χ4n) is 2.85. The number of alkyl halides is 3. The van der Waals surface area contributed by atoms with E-state index in [0.717, 1.165) is 5.56 Å². The van der Waals surface area contributed by atoms with Crippen LogP contribution in [0, 0.1) is 6.92 Å². The number of benzene rings is 1. The molecular weight excluding hydrogens is 427 g/mol. The molecule has 0 fully saturated rings. The molecule has 4 N–H and O–H groups in total. The topological polar surface area (TPSA) is 116 Å². The van der Waals surface area contributed by atoms with Crippen molar-refractivity contribution < 1.29 is 22.8 Å². The number of aromatic amines is 1. The van der Waals surface area contributed by atoms with Gasteiger partial charge in [-0.3, -0.25) is 14.4 Å². The van der Waals surface area contributed by atoms with Gasteiger partial charge < -0.3 is 20.9 Å². The monoisotopic (exact) mass is 445 g/mol. The summed E-state index contributed by atoms with van der Waals surface area (Å²) < 4.78 is 40.0. The molecule has 2 heterocycles. The van der Waals surface area contributed by atoms with Crippen molar-refractivity contribution in [3.8, 4) is 0 Å². The first-order chi connectivity index (χ1) is 15.1. The molecule has 0 aliphatic rings. The summed E-state index contributed by atoms with van der Waals surface area (Å²) in [4.78, 5) is 42.3. The predicted octanol–water partition coefficient (Wildman–Crippen LogP) is 3.45. The van der Waals surface area contributed by atoms with Gasteiger partial charge in [0.15, 0.2) is 5.82 Å². The number of H-pyrrole nitrogens is 1. The number of anilines is 3. The number of aromatic nitrogens is 2. The van der Waals surface area contributed by atoms with Gasteiger partial charge in [0.2, 0.25) is 5.56 Å². The van der Waals surface area contributed by atoms with Crippen LogP contribution in [0.3, 0.4) is 0 Å². The molecule has 0 bridgehead atoms. The molecule has 2 amide bonds. The lowest BCUT2D eigenvalue weighted by atomic mass is 10.1. The highest BCUT2D eigenvalue weighted by atomic mass is 19.4. The SMILES string of the molecule is CNC(=O)c1cnc(Nc2ccccc2C)c(NC(=O)c2c[nH]c(=O)cc2C(F)(F)F)c1. The quantitative estimate of drug-likeness (QED) is 0.480. The third kappa shape index (κ3) is 4.94. The second kappa shape index (κ2) is 8.92. The molecule has 8 nitrogen and oxygen atoms in total. The minimum Gasteiger partial charge on any atom is -0.355 e. The summed E-state index contributed by atoms with van der Waals surface area (Å²) in [5.74, 6) is -1.54. The van der Waals surface area contributed by atoms with Gasteiger partial charge in [-0.05, 0) is 24.6 Å². The molecule has 0 aliphatic carbocycles. The normalized spacial score (nSPS) is 11.0. The van der Waals surface area contributed by atoms with Crippen LogP contribution in [0.5, 0.6) is 0 Å². The summed E-state index contributed by atoms with van der Waals surface area (Å²) in [5, 5.41) is 7.76. The van der Waals surface area contributed by atoms with Crippen LogP contribution in [0.25, 0.3) is 0 Å². The van der Waals surface area contributed by atoms with E-state index in [9.17, 15) is 27.6 Å². The molecule has 0 radical (unpaired) electrons. The van der Waals surface area contributed by atoms with Crippen molar-refractivity contribution in [3.05, 3.63) is 81.4 Å². The van der Waals surface area contributed by atoms with Crippen LogP contribution in [0.4, 0.5) is 30.4 Å². The third-order valence-electron chi connectivity index (χ3n) is 4.50. The van der Waals surface area contributed by atoms with E-state index in [2.05, 4.69) is 25.9 Å². The van der Waals surface area contributed by atoms with Crippen molar-refractivity contribution in [2.75, 3.05) is 17.7 Å². The number of nitrogens with one attached hydrogen (secondary N) is 4. The zero-order chi connectivity index (χ0) is 23.5. The van der Waals surface area contributed by atoms with E-state index in [-0.39, 0.29) is 17.1 Å². The molecular formula is C21H18F3N5O3. The van der Waals surface area contributed by atoms with Gasteiger partial charge in [-0.25, -0.2) is 4.98 Å². The highest BCUT2D eigenvalue weighted by Crippen LogP contribution is 2.32. The van der Waals surface area contributed by atoms with Crippen LogP contribution in [-0.2, 0) is 6.18 Å². The van der Waals surface area contributed by atoms with Crippen molar-refractivity contribution >= 4 is 29.0 Å². The second-order valence-corrected chi connectivity index (χ2v) is 6.72. The zero-order valence-electron chi connectivity index (χ0n) is 16.9. The Morgan fingerprint density at radius 1 is 1.06 bits per heavy atom. The van der Waals surface area contributed by atoms with Gasteiger partial charge in [-0.15, -0.1) is 0 Å². The van der Waals surface area contributed by atoms with Gasteiger partial charge >= 0.3 is 6.18 Å². The fourth-order valence-corrected chi connectivity index (χ4v) is 2.85. The number of hydrogen-bond donors (Lipinski definition) is 4. The molecule has 0 saturated heterocycles. The lowest BCUT2D eigenvalue weighted by Crippen LogP contribution is -2.23. The maximum atomic E-state index is 13.3.